The van der Waals surface area contributed by atoms with E-state index in [1.165, 1.54) is 11.1 Å². The normalized spacial score (nSPS) is 22.2. The Kier molecular flexibility index (Phi) is 3.76. The van der Waals surface area contributed by atoms with E-state index in [2.05, 4.69) is 41.5 Å². The van der Waals surface area contributed by atoms with Gasteiger partial charge in [0.1, 0.15) is 0 Å². The lowest BCUT2D eigenvalue weighted by Crippen LogP contribution is -2.35. The molecule has 2 heterocycles. The number of amides is 1. The maximum atomic E-state index is 12.1. The van der Waals surface area contributed by atoms with Gasteiger partial charge in [-0.05, 0) is 56.5 Å². The first-order valence-corrected chi connectivity index (χ1v) is 7.53. The van der Waals surface area contributed by atoms with Gasteiger partial charge in [0.15, 0.2) is 0 Å². The minimum absolute atomic E-state index is 0.0181. The van der Waals surface area contributed by atoms with Crippen LogP contribution in [0.2, 0.25) is 0 Å². The van der Waals surface area contributed by atoms with E-state index >= 15 is 0 Å². The lowest BCUT2D eigenvalue weighted by atomic mass is 10.1. The smallest absolute Gasteiger partial charge is 0.241 e. The third-order valence-corrected chi connectivity index (χ3v) is 4.33. The molecule has 0 spiro atoms. The molecule has 3 rings (SSSR count). The topological polar surface area (TPSA) is 44.4 Å². The van der Waals surface area contributed by atoms with Crippen LogP contribution in [0, 0.1) is 0 Å². The quantitative estimate of drug-likeness (QED) is 0.886. The molecule has 1 aromatic rings. The summed E-state index contributed by atoms with van der Waals surface area (Å²) in [6, 6.07) is 6.84. The van der Waals surface area contributed by atoms with E-state index in [4.69, 9.17) is 0 Å². The van der Waals surface area contributed by atoms with Gasteiger partial charge in [0.25, 0.3) is 0 Å². The maximum Gasteiger partial charge on any atom is 0.241 e. The van der Waals surface area contributed by atoms with Crippen molar-refractivity contribution in [3.05, 3.63) is 29.3 Å². The van der Waals surface area contributed by atoms with Gasteiger partial charge in [0.2, 0.25) is 5.91 Å². The first-order chi connectivity index (χ1) is 9.63. The highest BCUT2D eigenvalue weighted by molar-refractivity contribution is 5.95. The molecule has 0 aliphatic carbocycles. The van der Waals surface area contributed by atoms with E-state index < -0.39 is 0 Å². The van der Waals surface area contributed by atoms with Crippen molar-refractivity contribution >= 4 is 11.6 Å². The molecule has 20 heavy (non-hydrogen) atoms. The van der Waals surface area contributed by atoms with E-state index in [0.29, 0.717) is 6.04 Å². The fourth-order valence-electron chi connectivity index (χ4n) is 3.00. The summed E-state index contributed by atoms with van der Waals surface area (Å²) in [6.07, 6.45) is 2.03. The van der Waals surface area contributed by atoms with E-state index in [9.17, 15) is 4.79 Å². The van der Waals surface area contributed by atoms with Crippen molar-refractivity contribution < 1.29 is 4.79 Å². The predicted octanol–water partition coefficient (Wildman–Crippen LogP) is 2.10. The van der Waals surface area contributed by atoms with E-state index in [-0.39, 0.29) is 11.9 Å². The van der Waals surface area contributed by atoms with Crippen LogP contribution in [0.15, 0.2) is 18.2 Å². The van der Waals surface area contributed by atoms with Gasteiger partial charge in [-0.3, -0.25) is 9.69 Å². The van der Waals surface area contributed by atoms with Gasteiger partial charge in [-0.25, -0.2) is 0 Å². The number of benzene rings is 1. The molecule has 1 fully saturated rings. The Balaban J connectivity index is 1.68. The molecule has 1 unspecified atom stereocenters. The zero-order valence-electron chi connectivity index (χ0n) is 12.3. The van der Waals surface area contributed by atoms with Crippen molar-refractivity contribution in [3.8, 4) is 0 Å². The molecule has 0 aromatic heterocycles. The summed E-state index contributed by atoms with van der Waals surface area (Å²) in [4.78, 5) is 14.5. The Labute approximate surface area is 120 Å². The highest BCUT2D eigenvalue weighted by Gasteiger charge is 2.24. The summed E-state index contributed by atoms with van der Waals surface area (Å²) in [5.41, 5.74) is 3.65. The SMILES string of the molecule is CC(C)N1Cc2ccc(NC(=O)C3CCCN3)cc2C1. The number of rotatable bonds is 3. The molecule has 4 heteroatoms. The average molecular weight is 273 g/mol. The highest BCUT2D eigenvalue weighted by atomic mass is 16.2. The minimum Gasteiger partial charge on any atom is -0.325 e. The highest BCUT2D eigenvalue weighted by Crippen LogP contribution is 2.27. The summed E-state index contributed by atoms with van der Waals surface area (Å²) in [5, 5.41) is 6.27. The number of carbonyl (C=O) groups is 1. The van der Waals surface area contributed by atoms with Gasteiger partial charge in [-0.15, -0.1) is 0 Å². The first-order valence-electron chi connectivity index (χ1n) is 7.53. The van der Waals surface area contributed by atoms with Crippen LogP contribution >= 0.6 is 0 Å². The number of hydrogen-bond donors (Lipinski definition) is 2. The van der Waals surface area contributed by atoms with Crippen LogP contribution in [0.1, 0.15) is 37.8 Å². The second-order valence-electron chi connectivity index (χ2n) is 6.12. The molecule has 2 N–H and O–H groups in total. The Morgan fingerprint density at radius 2 is 2.15 bits per heavy atom. The molecule has 1 atom stereocenters. The van der Waals surface area contributed by atoms with Crippen LogP contribution in [0.3, 0.4) is 0 Å². The van der Waals surface area contributed by atoms with Crippen LogP contribution in [-0.4, -0.2) is 29.4 Å². The first kappa shape index (κ1) is 13.6. The molecule has 2 aliphatic heterocycles. The number of anilines is 1. The van der Waals surface area contributed by atoms with Gasteiger partial charge < -0.3 is 10.6 Å². The van der Waals surface area contributed by atoms with Crippen molar-refractivity contribution in [3.63, 3.8) is 0 Å². The van der Waals surface area contributed by atoms with Crippen molar-refractivity contribution in [2.45, 2.75) is 51.9 Å². The van der Waals surface area contributed by atoms with Crippen LogP contribution in [0.25, 0.3) is 0 Å². The number of nitrogens with one attached hydrogen (secondary N) is 2. The molecule has 2 aliphatic rings. The molecular formula is C16H23N3O. The lowest BCUT2D eigenvalue weighted by Gasteiger charge is -2.18. The molecule has 1 amide bonds. The molecule has 4 nitrogen and oxygen atoms in total. The Morgan fingerprint density at radius 3 is 2.85 bits per heavy atom. The third kappa shape index (κ3) is 2.72. The zero-order valence-corrected chi connectivity index (χ0v) is 12.3. The molecule has 0 radical (unpaired) electrons. The van der Waals surface area contributed by atoms with Gasteiger partial charge in [-0.2, -0.15) is 0 Å². The van der Waals surface area contributed by atoms with Gasteiger partial charge >= 0.3 is 0 Å². The summed E-state index contributed by atoms with van der Waals surface area (Å²) >= 11 is 0. The fraction of sp³-hybridized carbons (Fsp3) is 0.562. The van der Waals surface area contributed by atoms with Gasteiger partial charge in [-0.1, -0.05) is 6.07 Å². The summed E-state index contributed by atoms with van der Waals surface area (Å²) < 4.78 is 0. The lowest BCUT2D eigenvalue weighted by molar-refractivity contribution is -0.117. The monoisotopic (exact) mass is 273 g/mol. The van der Waals surface area contributed by atoms with Crippen molar-refractivity contribution in [1.29, 1.82) is 0 Å². The summed E-state index contributed by atoms with van der Waals surface area (Å²) in [7, 11) is 0. The van der Waals surface area contributed by atoms with Crippen LogP contribution in [0.5, 0.6) is 0 Å². The van der Waals surface area contributed by atoms with E-state index in [1.54, 1.807) is 0 Å². The third-order valence-electron chi connectivity index (χ3n) is 4.33. The predicted molar refractivity (Wildman–Crippen MR) is 80.5 cm³/mol. The number of nitrogens with zero attached hydrogens (tertiary/aromatic N) is 1. The van der Waals surface area contributed by atoms with Crippen molar-refractivity contribution in [2.75, 3.05) is 11.9 Å². The molecule has 1 saturated heterocycles. The number of hydrogen-bond acceptors (Lipinski definition) is 3. The minimum atomic E-state index is -0.0181. The molecule has 0 bridgehead atoms. The Hall–Kier alpha value is -1.39. The molecule has 108 valence electrons. The fourth-order valence-corrected chi connectivity index (χ4v) is 3.00. The van der Waals surface area contributed by atoms with Crippen LogP contribution in [0.4, 0.5) is 5.69 Å². The standard InChI is InChI=1S/C16H23N3O/c1-11(2)19-9-12-5-6-14(8-13(12)10-19)18-16(20)15-4-3-7-17-15/h5-6,8,11,15,17H,3-4,7,9-10H2,1-2H3,(H,18,20). The van der Waals surface area contributed by atoms with Crippen molar-refractivity contribution in [2.24, 2.45) is 0 Å². The molecular weight excluding hydrogens is 250 g/mol. The Morgan fingerprint density at radius 1 is 1.35 bits per heavy atom. The average Bonchev–Trinajstić information content (AvgIpc) is 3.07. The van der Waals surface area contributed by atoms with E-state index in [1.807, 2.05) is 6.07 Å². The molecule has 1 aromatic carbocycles. The van der Waals surface area contributed by atoms with Crippen LogP contribution < -0.4 is 10.6 Å². The second-order valence-corrected chi connectivity index (χ2v) is 6.12. The van der Waals surface area contributed by atoms with Crippen molar-refractivity contribution in [1.82, 2.24) is 10.2 Å². The Bertz CT molecular complexity index is 506. The zero-order chi connectivity index (χ0) is 14.1. The summed E-state index contributed by atoms with van der Waals surface area (Å²) in [6.45, 7) is 7.40. The van der Waals surface area contributed by atoms with E-state index in [0.717, 1.165) is 38.2 Å². The maximum absolute atomic E-state index is 12.1. The second kappa shape index (κ2) is 5.54. The van der Waals surface area contributed by atoms with Gasteiger partial charge in [0.05, 0.1) is 6.04 Å². The number of carbonyl (C=O) groups excluding carboxylic acids is 1. The molecule has 0 saturated carbocycles. The largest absolute Gasteiger partial charge is 0.325 e. The number of fused-ring (bicyclic) bond motifs is 1. The van der Waals surface area contributed by atoms with Crippen LogP contribution in [-0.2, 0) is 17.9 Å². The summed E-state index contributed by atoms with van der Waals surface area (Å²) in [5.74, 6) is 0.0983. The van der Waals surface area contributed by atoms with Gasteiger partial charge in [0, 0.05) is 24.8 Å².